The van der Waals surface area contributed by atoms with Gasteiger partial charge in [-0.3, -0.25) is 4.68 Å². The largest absolute Gasteiger partial charge is 0.311 e. The summed E-state index contributed by atoms with van der Waals surface area (Å²) >= 11 is 0. The van der Waals surface area contributed by atoms with Crippen LogP contribution in [0.25, 0.3) is 0 Å². The molecule has 1 aromatic heterocycles. The molecule has 0 radical (unpaired) electrons. The minimum Gasteiger partial charge on any atom is -0.311 e. The van der Waals surface area contributed by atoms with Gasteiger partial charge in [-0.15, -0.1) is 0 Å². The van der Waals surface area contributed by atoms with Gasteiger partial charge in [-0.1, -0.05) is 19.8 Å². The summed E-state index contributed by atoms with van der Waals surface area (Å²) in [7, 11) is 2.02. The lowest BCUT2D eigenvalue weighted by Gasteiger charge is -2.15. The van der Waals surface area contributed by atoms with Crippen molar-refractivity contribution in [2.45, 2.75) is 39.7 Å². The molecule has 1 aliphatic carbocycles. The van der Waals surface area contributed by atoms with Crippen molar-refractivity contribution < 1.29 is 0 Å². The Morgan fingerprint density at radius 1 is 1.50 bits per heavy atom. The molecule has 2 atom stereocenters. The van der Waals surface area contributed by atoms with Crippen LogP contribution in [0, 0.1) is 18.8 Å². The number of rotatable bonds is 4. The van der Waals surface area contributed by atoms with Gasteiger partial charge in [-0.25, -0.2) is 0 Å². The van der Waals surface area contributed by atoms with Crippen LogP contribution in [-0.2, 0) is 13.6 Å². The lowest BCUT2D eigenvalue weighted by Crippen LogP contribution is -2.24. The Labute approximate surface area is 98.2 Å². The first-order chi connectivity index (χ1) is 7.66. The summed E-state index contributed by atoms with van der Waals surface area (Å²) in [5, 5.41) is 7.92. The van der Waals surface area contributed by atoms with Crippen molar-refractivity contribution in [2.75, 3.05) is 6.54 Å². The van der Waals surface area contributed by atoms with E-state index in [2.05, 4.69) is 23.4 Å². The van der Waals surface area contributed by atoms with Crippen molar-refractivity contribution in [1.29, 1.82) is 0 Å². The number of hydrogen-bond donors (Lipinski definition) is 1. The second-order valence-corrected chi connectivity index (χ2v) is 5.20. The molecule has 1 aliphatic rings. The lowest BCUT2D eigenvalue weighted by atomic mass is 9.98. The maximum atomic E-state index is 4.35. The summed E-state index contributed by atoms with van der Waals surface area (Å²) in [4.78, 5) is 0. The molecular formula is C13H23N3. The van der Waals surface area contributed by atoms with Crippen LogP contribution in [0.4, 0.5) is 0 Å². The topological polar surface area (TPSA) is 29.9 Å². The Hall–Kier alpha value is -0.830. The Kier molecular flexibility index (Phi) is 3.64. The molecule has 1 N–H and O–H groups in total. The van der Waals surface area contributed by atoms with Crippen LogP contribution in [0.1, 0.15) is 37.6 Å². The molecule has 0 saturated heterocycles. The number of nitrogens with zero attached hydrogens (tertiary/aromatic N) is 2. The molecule has 0 bridgehead atoms. The van der Waals surface area contributed by atoms with E-state index in [-0.39, 0.29) is 0 Å². The molecule has 2 rings (SSSR count). The van der Waals surface area contributed by atoms with Crippen molar-refractivity contribution in [3.63, 3.8) is 0 Å². The monoisotopic (exact) mass is 221 g/mol. The summed E-state index contributed by atoms with van der Waals surface area (Å²) in [6.07, 6.45) is 4.23. The average Bonchev–Trinajstić information content (AvgIpc) is 2.75. The first kappa shape index (κ1) is 11.6. The molecule has 0 aliphatic heterocycles. The fourth-order valence-corrected chi connectivity index (χ4v) is 2.74. The van der Waals surface area contributed by atoms with Crippen LogP contribution < -0.4 is 5.32 Å². The minimum atomic E-state index is 0.884. The van der Waals surface area contributed by atoms with Crippen molar-refractivity contribution in [3.05, 3.63) is 17.5 Å². The third-order valence-electron chi connectivity index (χ3n) is 3.85. The molecule has 90 valence electrons. The van der Waals surface area contributed by atoms with Gasteiger partial charge in [0.15, 0.2) is 0 Å². The predicted molar refractivity (Wildman–Crippen MR) is 66.2 cm³/mol. The average molecular weight is 221 g/mol. The molecule has 0 aromatic carbocycles. The molecule has 1 saturated carbocycles. The highest BCUT2D eigenvalue weighted by molar-refractivity contribution is 5.08. The maximum Gasteiger partial charge on any atom is 0.0597 e. The fourth-order valence-electron chi connectivity index (χ4n) is 2.74. The van der Waals surface area contributed by atoms with Crippen molar-refractivity contribution in [2.24, 2.45) is 18.9 Å². The molecule has 0 amide bonds. The molecule has 1 fully saturated rings. The highest BCUT2D eigenvalue weighted by Crippen LogP contribution is 2.30. The predicted octanol–water partition coefficient (Wildman–Crippen LogP) is 2.25. The van der Waals surface area contributed by atoms with Crippen molar-refractivity contribution >= 4 is 0 Å². The molecule has 0 spiro atoms. The maximum absolute atomic E-state index is 4.35. The molecule has 3 nitrogen and oxygen atoms in total. The van der Waals surface area contributed by atoms with E-state index in [0.717, 1.165) is 30.6 Å². The fraction of sp³-hybridized carbons (Fsp3) is 0.769. The van der Waals surface area contributed by atoms with Crippen molar-refractivity contribution in [3.8, 4) is 0 Å². The Bertz CT molecular complexity index is 343. The third kappa shape index (κ3) is 2.64. The van der Waals surface area contributed by atoms with Crippen LogP contribution in [0.15, 0.2) is 6.07 Å². The number of aromatic nitrogens is 2. The van der Waals surface area contributed by atoms with E-state index in [4.69, 9.17) is 0 Å². The van der Waals surface area contributed by atoms with Gasteiger partial charge < -0.3 is 5.32 Å². The van der Waals surface area contributed by atoms with Crippen LogP contribution in [0.3, 0.4) is 0 Å². The van der Waals surface area contributed by atoms with Crippen molar-refractivity contribution in [1.82, 2.24) is 15.1 Å². The highest BCUT2D eigenvalue weighted by atomic mass is 15.3. The van der Waals surface area contributed by atoms with Crippen LogP contribution in [0.2, 0.25) is 0 Å². The van der Waals surface area contributed by atoms with Gasteiger partial charge in [-0.2, -0.15) is 5.10 Å². The lowest BCUT2D eigenvalue weighted by molar-refractivity contribution is 0.389. The van der Waals surface area contributed by atoms with E-state index in [0.29, 0.717) is 0 Å². The van der Waals surface area contributed by atoms with Crippen LogP contribution >= 0.6 is 0 Å². The smallest absolute Gasteiger partial charge is 0.0597 e. The zero-order chi connectivity index (χ0) is 11.5. The van der Waals surface area contributed by atoms with E-state index in [1.807, 2.05) is 18.7 Å². The molecule has 16 heavy (non-hydrogen) atoms. The number of aryl methyl sites for hydroxylation is 2. The summed E-state index contributed by atoms with van der Waals surface area (Å²) in [5.41, 5.74) is 2.39. The van der Waals surface area contributed by atoms with E-state index >= 15 is 0 Å². The second kappa shape index (κ2) is 5.00. The Morgan fingerprint density at radius 2 is 2.31 bits per heavy atom. The van der Waals surface area contributed by atoms with Gasteiger partial charge in [-0.05, 0) is 37.8 Å². The summed E-state index contributed by atoms with van der Waals surface area (Å²) in [6.45, 7) is 6.53. The molecule has 3 heteroatoms. The summed E-state index contributed by atoms with van der Waals surface area (Å²) in [5.74, 6) is 1.79. The standard InChI is InChI=1S/C13H23N3/c1-10-5-4-6-12(10)8-14-9-13-7-11(2)15-16(13)3/h7,10,12,14H,4-6,8-9H2,1-3H3. The van der Waals surface area contributed by atoms with Gasteiger partial charge in [0.1, 0.15) is 0 Å². The quantitative estimate of drug-likeness (QED) is 0.845. The van der Waals surface area contributed by atoms with Crippen LogP contribution in [-0.4, -0.2) is 16.3 Å². The van der Waals surface area contributed by atoms with Gasteiger partial charge in [0.25, 0.3) is 0 Å². The van der Waals surface area contributed by atoms with Gasteiger partial charge in [0.05, 0.1) is 11.4 Å². The second-order valence-electron chi connectivity index (χ2n) is 5.20. The molecule has 1 aromatic rings. The highest BCUT2D eigenvalue weighted by Gasteiger charge is 2.22. The Morgan fingerprint density at radius 3 is 2.88 bits per heavy atom. The van der Waals surface area contributed by atoms with E-state index in [1.165, 1.54) is 25.0 Å². The van der Waals surface area contributed by atoms with E-state index in [1.54, 1.807) is 0 Å². The first-order valence-electron chi connectivity index (χ1n) is 6.37. The first-order valence-corrected chi connectivity index (χ1v) is 6.37. The number of nitrogens with one attached hydrogen (secondary N) is 1. The minimum absolute atomic E-state index is 0.884. The molecule has 2 unspecified atom stereocenters. The van der Waals surface area contributed by atoms with Gasteiger partial charge in [0, 0.05) is 13.6 Å². The number of hydrogen-bond acceptors (Lipinski definition) is 2. The van der Waals surface area contributed by atoms with Gasteiger partial charge in [0.2, 0.25) is 0 Å². The van der Waals surface area contributed by atoms with E-state index < -0.39 is 0 Å². The van der Waals surface area contributed by atoms with Crippen LogP contribution in [0.5, 0.6) is 0 Å². The zero-order valence-electron chi connectivity index (χ0n) is 10.7. The zero-order valence-corrected chi connectivity index (χ0v) is 10.7. The summed E-state index contributed by atoms with van der Waals surface area (Å²) in [6, 6.07) is 2.16. The van der Waals surface area contributed by atoms with Gasteiger partial charge >= 0.3 is 0 Å². The van der Waals surface area contributed by atoms with E-state index in [9.17, 15) is 0 Å². The normalized spacial score (nSPS) is 25.2. The SMILES string of the molecule is Cc1cc(CNCC2CCCC2C)n(C)n1. The molecular weight excluding hydrogens is 198 g/mol. The Balaban J connectivity index is 1.77. The summed E-state index contributed by atoms with van der Waals surface area (Å²) < 4.78 is 1.97. The molecule has 1 heterocycles. The third-order valence-corrected chi connectivity index (χ3v) is 3.85.